The second-order valence-electron chi connectivity index (χ2n) is 7.77. The molecule has 3 N–H and O–H groups in total. The van der Waals surface area contributed by atoms with Crippen molar-refractivity contribution in [1.82, 2.24) is 10.6 Å². The van der Waals surface area contributed by atoms with Crippen LogP contribution >= 0.6 is 0 Å². The normalized spacial score (nSPS) is 16.1. The van der Waals surface area contributed by atoms with Crippen LogP contribution in [-0.4, -0.2) is 56.0 Å². The molecule has 0 spiro atoms. The van der Waals surface area contributed by atoms with Gasteiger partial charge in [-0.1, -0.05) is 18.2 Å². The Labute approximate surface area is 187 Å². The number of carboxylic acid groups (broad SMARTS) is 1. The average Bonchev–Trinajstić information content (AvgIpc) is 2.82. The summed E-state index contributed by atoms with van der Waals surface area (Å²) in [6.07, 6.45) is 1.12. The third kappa shape index (κ3) is 5.99. The van der Waals surface area contributed by atoms with Gasteiger partial charge < -0.3 is 24.6 Å². The van der Waals surface area contributed by atoms with Crippen LogP contribution in [0.3, 0.4) is 0 Å². The summed E-state index contributed by atoms with van der Waals surface area (Å²) in [4.78, 5) is 24.3. The number of benzene rings is 2. The summed E-state index contributed by atoms with van der Waals surface area (Å²) in [6.45, 7) is 3.77. The molecular weight excluding hydrogens is 412 g/mol. The predicted molar refractivity (Wildman–Crippen MR) is 119 cm³/mol. The van der Waals surface area contributed by atoms with Crippen LogP contribution in [0, 0.1) is 0 Å². The number of amides is 1. The zero-order valence-corrected chi connectivity index (χ0v) is 18.4. The molecule has 0 saturated carbocycles. The number of carbonyl (C=O) groups excluding carboxylic acids is 1. The first kappa shape index (κ1) is 23.6. The Morgan fingerprint density at radius 1 is 1.12 bits per heavy atom. The van der Waals surface area contributed by atoms with Crippen molar-refractivity contribution in [2.75, 3.05) is 33.5 Å². The molecule has 0 aromatic heterocycles. The second-order valence-corrected chi connectivity index (χ2v) is 7.77. The summed E-state index contributed by atoms with van der Waals surface area (Å²) in [7, 11) is 1.61. The van der Waals surface area contributed by atoms with E-state index in [1.165, 1.54) is 0 Å². The SMILES string of the molecule is COc1cccc(OCCNC2(C(=O)N[C@@H](C)c3ccc(C(=O)O)cc3)CCOCC2)c1. The van der Waals surface area contributed by atoms with Gasteiger partial charge in [0.05, 0.1) is 18.7 Å². The minimum atomic E-state index is -0.977. The minimum absolute atomic E-state index is 0.100. The van der Waals surface area contributed by atoms with Crippen LogP contribution in [-0.2, 0) is 9.53 Å². The lowest BCUT2D eigenvalue weighted by atomic mass is 9.88. The highest BCUT2D eigenvalue weighted by Gasteiger charge is 2.40. The number of carbonyl (C=O) groups is 2. The monoisotopic (exact) mass is 442 g/mol. The van der Waals surface area contributed by atoms with E-state index in [0.717, 1.165) is 11.3 Å². The molecule has 8 nitrogen and oxygen atoms in total. The van der Waals surface area contributed by atoms with Gasteiger partial charge in [0.15, 0.2) is 0 Å². The Morgan fingerprint density at radius 3 is 2.47 bits per heavy atom. The molecule has 172 valence electrons. The molecule has 1 amide bonds. The van der Waals surface area contributed by atoms with Gasteiger partial charge in [0, 0.05) is 25.8 Å². The zero-order valence-electron chi connectivity index (χ0n) is 18.4. The highest BCUT2D eigenvalue weighted by atomic mass is 16.5. The van der Waals surface area contributed by atoms with E-state index in [1.54, 1.807) is 31.4 Å². The maximum atomic E-state index is 13.2. The molecule has 0 bridgehead atoms. The van der Waals surface area contributed by atoms with E-state index in [-0.39, 0.29) is 17.5 Å². The molecule has 1 atom stereocenters. The van der Waals surface area contributed by atoms with Crippen molar-refractivity contribution in [1.29, 1.82) is 0 Å². The van der Waals surface area contributed by atoms with Gasteiger partial charge in [-0.15, -0.1) is 0 Å². The summed E-state index contributed by atoms with van der Waals surface area (Å²) < 4.78 is 16.5. The Kier molecular flexibility index (Phi) is 8.08. The predicted octanol–water partition coefficient (Wildman–Crippen LogP) is 2.79. The maximum Gasteiger partial charge on any atom is 0.335 e. The molecular formula is C24H30N2O6. The number of carboxylic acids is 1. The van der Waals surface area contributed by atoms with Crippen molar-refractivity contribution in [2.24, 2.45) is 0 Å². The third-order valence-electron chi connectivity index (χ3n) is 5.66. The van der Waals surface area contributed by atoms with Crippen LogP contribution in [0.5, 0.6) is 11.5 Å². The molecule has 1 saturated heterocycles. The van der Waals surface area contributed by atoms with E-state index >= 15 is 0 Å². The van der Waals surface area contributed by atoms with E-state index in [4.69, 9.17) is 19.3 Å². The lowest BCUT2D eigenvalue weighted by molar-refractivity contribution is -0.132. The topological polar surface area (TPSA) is 106 Å². The minimum Gasteiger partial charge on any atom is -0.497 e. The quantitative estimate of drug-likeness (QED) is 0.486. The Hall–Kier alpha value is -3.10. The van der Waals surface area contributed by atoms with Crippen LogP contribution in [0.4, 0.5) is 0 Å². The van der Waals surface area contributed by atoms with E-state index in [2.05, 4.69) is 10.6 Å². The van der Waals surface area contributed by atoms with Crippen LogP contribution in [0.2, 0.25) is 0 Å². The van der Waals surface area contributed by atoms with Crippen LogP contribution in [0.25, 0.3) is 0 Å². The molecule has 1 heterocycles. The molecule has 1 aliphatic rings. The number of hydrogen-bond donors (Lipinski definition) is 3. The largest absolute Gasteiger partial charge is 0.497 e. The van der Waals surface area contributed by atoms with Crippen molar-refractivity contribution < 1.29 is 28.9 Å². The first-order valence-electron chi connectivity index (χ1n) is 10.7. The summed E-state index contributed by atoms with van der Waals surface area (Å²) in [5.74, 6) is 0.350. The molecule has 2 aromatic carbocycles. The molecule has 1 aliphatic heterocycles. The highest BCUT2D eigenvalue weighted by molar-refractivity contribution is 5.88. The number of ether oxygens (including phenoxy) is 3. The third-order valence-corrected chi connectivity index (χ3v) is 5.66. The van der Waals surface area contributed by atoms with Gasteiger partial charge in [-0.2, -0.15) is 0 Å². The van der Waals surface area contributed by atoms with Crippen molar-refractivity contribution in [3.05, 3.63) is 59.7 Å². The molecule has 8 heteroatoms. The average molecular weight is 443 g/mol. The molecule has 1 fully saturated rings. The maximum absolute atomic E-state index is 13.2. The molecule has 0 aliphatic carbocycles. The van der Waals surface area contributed by atoms with E-state index in [0.29, 0.717) is 45.0 Å². The van der Waals surface area contributed by atoms with Crippen molar-refractivity contribution in [2.45, 2.75) is 31.3 Å². The first-order valence-corrected chi connectivity index (χ1v) is 10.7. The fourth-order valence-electron chi connectivity index (χ4n) is 3.69. The summed E-state index contributed by atoms with van der Waals surface area (Å²) in [5.41, 5.74) is 0.309. The Balaban J connectivity index is 1.58. The van der Waals surface area contributed by atoms with E-state index in [1.807, 2.05) is 31.2 Å². The van der Waals surface area contributed by atoms with Gasteiger partial charge >= 0.3 is 5.97 Å². The van der Waals surface area contributed by atoms with Gasteiger partial charge in [0.1, 0.15) is 23.6 Å². The fraction of sp³-hybridized carbons (Fsp3) is 0.417. The van der Waals surface area contributed by atoms with Crippen molar-refractivity contribution in [3.63, 3.8) is 0 Å². The van der Waals surface area contributed by atoms with Crippen LogP contribution < -0.4 is 20.1 Å². The van der Waals surface area contributed by atoms with Crippen LogP contribution in [0.15, 0.2) is 48.5 Å². The molecule has 32 heavy (non-hydrogen) atoms. The van der Waals surface area contributed by atoms with Gasteiger partial charge in [-0.05, 0) is 49.6 Å². The number of hydrogen-bond acceptors (Lipinski definition) is 6. The zero-order chi connectivity index (χ0) is 23.0. The standard InChI is InChI=1S/C24H30N2O6/c1-17(18-6-8-19(9-7-18)22(27)28)26-23(29)24(10-13-31-14-11-24)25-12-15-32-21-5-3-4-20(16-21)30-2/h3-9,16-17,25H,10-15H2,1-2H3,(H,26,29)(H,27,28)/t17-/m0/s1. The summed E-state index contributed by atoms with van der Waals surface area (Å²) in [5, 5.41) is 15.5. The lowest BCUT2D eigenvalue weighted by Crippen LogP contribution is -2.60. The molecule has 3 rings (SSSR count). The smallest absolute Gasteiger partial charge is 0.335 e. The van der Waals surface area contributed by atoms with Gasteiger partial charge in [0.2, 0.25) is 5.91 Å². The fourth-order valence-corrected chi connectivity index (χ4v) is 3.69. The van der Waals surface area contributed by atoms with E-state index < -0.39 is 11.5 Å². The second kappa shape index (κ2) is 11.0. The molecule has 2 aromatic rings. The van der Waals surface area contributed by atoms with Crippen LogP contribution in [0.1, 0.15) is 41.7 Å². The number of nitrogens with one attached hydrogen (secondary N) is 2. The summed E-state index contributed by atoms with van der Waals surface area (Å²) in [6, 6.07) is 13.6. The van der Waals surface area contributed by atoms with Gasteiger partial charge in [-0.3, -0.25) is 10.1 Å². The van der Waals surface area contributed by atoms with Gasteiger partial charge in [0.25, 0.3) is 0 Å². The summed E-state index contributed by atoms with van der Waals surface area (Å²) >= 11 is 0. The van der Waals surface area contributed by atoms with Crippen molar-refractivity contribution >= 4 is 11.9 Å². The number of aromatic carboxylic acids is 1. The number of methoxy groups -OCH3 is 1. The van der Waals surface area contributed by atoms with Gasteiger partial charge in [-0.25, -0.2) is 4.79 Å². The first-order chi connectivity index (χ1) is 15.4. The Morgan fingerprint density at radius 2 is 1.81 bits per heavy atom. The molecule has 0 radical (unpaired) electrons. The molecule has 0 unspecified atom stereocenters. The highest BCUT2D eigenvalue weighted by Crippen LogP contribution is 2.24. The Bertz CT molecular complexity index is 909. The van der Waals surface area contributed by atoms with E-state index in [9.17, 15) is 9.59 Å². The lowest BCUT2D eigenvalue weighted by Gasteiger charge is -2.37. The number of rotatable bonds is 10. The van der Waals surface area contributed by atoms with Crippen molar-refractivity contribution in [3.8, 4) is 11.5 Å².